The van der Waals surface area contributed by atoms with Crippen LogP contribution in [0.3, 0.4) is 0 Å². The molecule has 188 valence electrons. The molecule has 38 heavy (non-hydrogen) atoms. The fourth-order valence-electron chi connectivity index (χ4n) is 5.42. The van der Waals surface area contributed by atoms with Gasteiger partial charge in [-0.2, -0.15) is 5.11 Å². The van der Waals surface area contributed by atoms with Crippen LogP contribution in [0.1, 0.15) is 34.9 Å². The van der Waals surface area contributed by atoms with Gasteiger partial charge in [0.25, 0.3) is 0 Å². The molecule has 1 aliphatic carbocycles. The number of carbonyl (C=O) groups excluding carboxylic acids is 1. The Labute approximate surface area is 220 Å². The second-order valence-electron chi connectivity index (χ2n) is 9.49. The number of esters is 1. The zero-order chi connectivity index (χ0) is 26.1. The zero-order valence-corrected chi connectivity index (χ0v) is 20.8. The summed E-state index contributed by atoms with van der Waals surface area (Å²) in [4.78, 5) is 13.4. The topological polar surface area (TPSA) is 80.5 Å². The van der Waals surface area contributed by atoms with Gasteiger partial charge in [-0.3, -0.25) is 4.79 Å². The van der Waals surface area contributed by atoms with Crippen LogP contribution in [0.2, 0.25) is 0 Å². The van der Waals surface area contributed by atoms with Gasteiger partial charge in [0.15, 0.2) is 11.4 Å². The fourth-order valence-corrected chi connectivity index (χ4v) is 5.42. The number of phenols is 1. The van der Waals surface area contributed by atoms with E-state index in [4.69, 9.17) is 9.47 Å². The molecule has 0 aromatic heterocycles. The SMILES string of the molecule is COc1ccc(N=Nc2c(O)ccc3c2OC(=O)C2CC(c4ccccc4)C(c4ccccc4)C=C32)cc1. The van der Waals surface area contributed by atoms with E-state index in [0.29, 0.717) is 17.9 Å². The Morgan fingerprint density at radius 1 is 0.842 bits per heavy atom. The molecule has 2 aliphatic rings. The first-order valence-corrected chi connectivity index (χ1v) is 12.6. The van der Waals surface area contributed by atoms with Gasteiger partial charge in [0.2, 0.25) is 0 Å². The molecule has 1 aliphatic heterocycles. The summed E-state index contributed by atoms with van der Waals surface area (Å²) < 4.78 is 11.0. The van der Waals surface area contributed by atoms with Gasteiger partial charge in [-0.1, -0.05) is 66.7 Å². The maximum Gasteiger partial charge on any atom is 0.318 e. The van der Waals surface area contributed by atoms with Gasteiger partial charge in [0.05, 0.1) is 18.7 Å². The molecule has 0 radical (unpaired) electrons. The van der Waals surface area contributed by atoms with E-state index in [2.05, 4.69) is 40.6 Å². The van der Waals surface area contributed by atoms with Gasteiger partial charge in [-0.25, -0.2) is 0 Å². The van der Waals surface area contributed by atoms with Crippen molar-refractivity contribution in [3.8, 4) is 17.2 Å². The van der Waals surface area contributed by atoms with Crippen molar-refractivity contribution in [2.75, 3.05) is 7.11 Å². The molecule has 1 N–H and O–H groups in total. The number of hydrogen-bond acceptors (Lipinski definition) is 6. The number of carbonyl (C=O) groups is 1. The molecule has 4 aromatic carbocycles. The second-order valence-corrected chi connectivity index (χ2v) is 9.49. The Morgan fingerprint density at radius 2 is 1.53 bits per heavy atom. The summed E-state index contributed by atoms with van der Waals surface area (Å²) in [7, 11) is 1.59. The van der Waals surface area contributed by atoms with Crippen molar-refractivity contribution in [1.29, 1.82) is 0 Å². The minimum absolute atomic E-state index is 0.0711. The summed E-state index contributed by atoms with van der Waals surface area (Å²) in [6.07, 6.45) is 2.82. The first kappa shape index (κ1) is 23.7. The molecule has 3 atom stereocenters. The number of fused-ring (bicyclic) bond motifs is 3. The highest BCUT2D eigenvalue weighted by atomic mass is 16.5. The molecule has 6 heteroatoms. The molecule has 0 spiro atoms. The van der Waals surface area contributed by atoms with Crippen LogP contribution in [-0.2, 0) is 4.79 Å². The van der Waals surface area contributed by atoms with Gasteiger partial charge < -0.3 is 14.6 Å². The smallest absolute Gasteiger partial charge is 0.318 e. The first-order chi connectivity index (χ1) is 18.6. The van der Waals surface area contributed by atoms with Crippen LogP contribution >= 0.6 is 0 Å². The monoisotopic (exact) mass is 502 g/mol. The number of aromatic hydroxyl groups is 1. The van der Waals surface area contributed by atoms with E-state index in [9.17, 15) is 9.90 Å². The number of allylic oxidation sites excluding steroid dienone is 1. The van der Waals surface area contributed by atoms with Crippen molar-refractivity contribution in [3.63, 3.8) is 0 Å². The Balaban J connectivity index is 1.44. The molecule has 1 heterocycles. The minimum Gasteiger partial charge on any atom is -0.505 e. The molecular weight excluding hydrogens is 476 g/mol. The number of rotatable bonds is 5. The molecule has 0 saturated carbocycles. The lowest BCUT2D eigenvalue weighted by atomic mass is 9.68. The Morgan fingerprint density at radius 3 is 2.21 bits per heavy atom. The number of methoxy groups -OCH3 is 1. The number of ether oxygens (including phenoxy) is 2. The second kappa shape index (κ2) is 9.98. The lowest BCUT2D eigenvalue weighted by molar-refractivity contribution is -0.138. The maximum absolute atomic E-state index is 13.4. The fraction of sp³-hybridized carbons (Fsp3) is 0.156. The van der Waals surface area contributed by atoms with Crippen molar-refractivity contribution >= 4 is 22.9 Å². The summed E-state index contributed by atoms with van der Waals surface area (Å²) in [6, 6.07) is 31.1. The average Bonchev–Trinajstić information content (AvgIpc) is 2.97. The van der Waals surface area contributed by atoms with E-state index in [0.717, 1.165) is 11.1 Å². The molecular formula is C32H26N2O4. The van der Waals surface area contributed by atoms with Crippen molar-refractivity contribution in [1.82, 2.24) is 0 Å². The molecule has 0 amide bonds. The van der Waals surface area contributed by atoms with Crippen LogP contribution in [0.15, 0.2) is 113 Å². The number of benzene rings is 4. The third kappa shape index (κ3) is 4.34. The Kier molecular flexibility index (Phi) is 6.22. The van der Waals surface area contributed by atoms with E-state index in [-0.39, 0.29) is 35.0 Å². The van der Waals surface area contributed by atoms with Gasteiger partial charge >= 0.3 is 5.97 Å². The molecule has 4 aromatic rings. The van der Waals surface area contributed by atoms with E-state index < -0.39 is 5.92 Å². The predicted octanol–water partition coefficient (Wildman–Crippen LogP) is 7.71. The van der Waals surface area contributed by atoms with Crippen LogP contribution in [0, 0.1) is 5.92 Å². The number of phenolic OH excluding ortho intramolecular Hbond substituents is 1. The molecule has 0 fully saturated rings. The Hall–Kier alpha value is -4.71. The van der Waals surface area contributed by atoms with E-state index in [1.54, 1.807) is 43.5 Å². The Bertz CT molecular complexity index is 1530. The normalized spacial score (nSPS) is 20.3. The molecule has 0 bridgehead atoms. The third-order valence-corrected chi connectivity index (χ3v) is 7.32. The van der Waals surface area contributed by atoms with E-state index in [1.807, 2.05) is 36.4 Å². The van der Waals surface area contributed by atoms with Crippen molar-refractivity contribution < 1.29 is 19.4 Å². The summed E-state index contributed by atoms with van der Waals surface area (Å²) in [5, 5.41) is 19.2. The average molecular weight is 503 g/mol. The largest absolute Gasteiger partial charge is 0.505 e. The number of hydrogen-bond donors (Lipinski definition) is 1. The van der Waals surface area contributed by atoms with Crippen molar-refractivity contribution in [2.45, 2.75) is 18.3 Å². The quantitative estimate of drug-likeness (QED) is 0.172. The standard InChI is InChI=1S/C32H26N2O4/c1-37-23-14-12-22(13-15-23)33-34-30-29(35)17-16-24-27-18-25(20-8-4-2-5-9-20)26(21-10-6-3-7-11-21)19-28(27)32(36)38-31(24)30/h2-18,25-26,28,35H,19H2,1H3. The molecule has 3 unspecified atom stereocenters. The number of azo groups is 1. The van der Waals surface area contributed by atoms with Gasteiger partial charge in [0.1, 0.15) is 11.5 Å². The zero-order valence-electron chi connectivity index (χ0n) is 20.8. The predicted molar refractivity (Wildman–Crippen MR) is 145 cm³/mol. The lowest BCUT2D eigenvalue weighted by Gasteiger charge is -2.38. The molecule has 6 nitrogen and oxygen atoms in total. The van der Waals surface area contributed by atoms with E-state index in [1.165, 1.54) is 11.1 Å². The first-order valence-electron chi connectivity index (χ1n) is 12.6. The molecule has 0 saturated heterocycles. The number of nitrogens with zero attached hydrogens (tertiary/aromatic N) is 2. The summed E-state index contributed by atoms with van der Waals surface area (Å²) in [6.45, 7) is 0. The highest BCUT2D eigenvalue weighted by molar-refractivity contribution is 5.98. The van der Waals surface area contributed by atoms with Crippen LogP contribution in [0.4, 0.5) is 11.4 Å². The van der Waals surface area contributed by atoms with E-state index >= 15 is 0 Å². The van der Waals surface area contributed by atoms with Crippen molar-refractivity contribution in [2.24, 2.45) is 16.1 Å². The summed E-state index contributed by atoms with van der Waals surface area (Å²) in [5.41, 5.74) is 4.74. The summed E-state index contributed by atoms with van der Waals surface area (Å²) in [5.74, 6) is 0.265. The van der Waals surface area contributed by atoms with Crippen LogP contribution in [-0.4, -0.2) is 18.2 Å². The van der Waals surface area contributed by atoms with Crippen LogP contribution in [0.25, 0.3) is 5.57 Å². The third-order valence-electron chi connectivity index (χ3n) is 7.32. The van der Waals surface area contributed by atoms with Gasteiger partial charge in [-0.15, -0.1) is 5.11 Å². The van der Waals surface area contributed by atoms with Crippen LogP contribution in [0.5, 0.6) is 17.2 Å². The highest BCUT2D eigenvalue weighted by Crippen LogP contribution is 2.54. The lowest BCUT2D eigenvalue weighted by Crippen LogP contribution is -2.32. The molecule has 6 rings (SSSR count). The van der Waals surface area contributed by atoms with Crippen molar-refractivity contribution in [3.05, 3.63) is 120 Å². The summed E-state index contributed by atoms with van der Waals surface area (Å²) >= 11 is 0. The minimum atomic E-state index is -0.413. The maximum atomic E-state index is 13.4. The highest BCUT2D eigenvalue weighted by Gasteiger charge is 2.42. The van der Waals surface area contributed by atoms with Crippen LogP contribution < -0.4 is 9.47 Å². The van der Waals surface area contributed by atoms with Gasteiger partial charge in [-0.05, 0) is 65.4 Å². The van der Waals surface area contributed by atoms with Gasteiger partial charge in [0, 0.05) is 11.5 Å².